The van der Waals surface area contributed by atoms with Gasteiger partial charge in [0.25, 0.3) is 0 Å². The van der Waals surface area contributed by atoms with Crippen LogP contribution in [0.15, 0.2) is 0 Å². The molecule has 1 aliphatic heterocycles. The van der Waals surface area contributed by atoms with Crippen molar-refractivity contribution in [2.75, 3.05) is 20.1 Å². The third kappa shape index (κ3) is 3.80. The molecular weight excluding hydrogens is 190 g/mol. The van der Waals surface area contributed by atoms with E-state index in [4.69, 9.17) is 5.73 Å². The molecule has 4 heteroatoms. The Kier molecular flexibility index (Phi) is 4.54. The molecule has 1 amide bonds. The lowest BCUT2D eigenvalue weighted by molar-refractivity contribution is -0.117. The minimum Gasteiger partial charge on any atom is -0.370 e. The first-order chi connectivity index (χ1) is 7.00. The first-order valence-corrected chi connectivity index (χ1v) is 5.72. The number of hydrogen-bond donors (Lipinski definition) is 2. The fourth-order valence-electron chi connectivity index (χ4n) is 2.21. The zero-order chi connectivity index (χ0) is 11.4. The van der Waals surface area contributed by atoms with Gasteiger partial charge < -0.3 is 16.0 Å². The number of rotatable bonds is 4. The summed E-state index contributed by atoms with van der Waals surface area (Å²) in [6, 6.07) is 1.14. The summed E-state index contributed by atoms with van der Waals surface area (Å²) in [6.45, 7) is 6.33. The molecule has 15 heavy (non-hydrogen) atoms. The maximum atomic E-state index is 10.6. The highest BCUT2D eigenvalue weighted by molar-refractivity contribution is 5.73. The maximum Gasteiger partial charge on any atom is 0.218 e. The third-order valence-corrected chi connectivity index (χ3v) is 3.39. The van der Waals surface area contributed by atoms with Crippen LogP contribution in [0, 0.1) is 5.92 Å². The van der Waals surface area contributed by atoms with Gasteiger partial charge >= 0.3 is 0 Å². The van der Waals surface area contributed by atoms with E-state index in [2.05, 4.69) is 31.1 Å². The van der Waals surface area contributed by atoms with Crippen LogP contribution in [-0.4, -0.2) is 43.0 Å². The highest BCUT2D eigenvalue weighted by Gasteiger charge is 2.28. The van der Waals surface area contributed by atoms with Crippen molar-refractivity contribution in [3.8, 4) is 0 Å². The molecule has 0 bridgehead atoms. The summed E-state index contributed by atoms with van der Waals surface area (Å²) >= 11 is 0. The minimum atomic E-state index is -0.226. The van der Waals surface area contributed by atoms with E-state index in [1.54, 1.807) is 0 Å². The number of nitrogens with zero attached hydrogens (tertiary/aromatic N) is 1. The number of nitrogens with one attached hydrogen (secondary N) is 1. The van der Waals surface area contributed by atoms with Crippen LogP contribution in [-0.2, 0) is 4.79 Å². The van der Waals surface area contributed by atoms with Gasteiger partial charge in [0.2, 0.25) is 5.91 Å². The molecule has 88 valence electrons. The Morgan fingerprint density at radius 3 is 2.80 bits per heavy atom. The number of hydrogen-bond acceptors (Lipinski definition) is 3. The Balaban J connectivity index is 2.31. The van der Waals surface area contributed by atoms with Crippen LogP contribution in [0.5, 0.6) is 0 Å². The molecule has 0 aliphatic carbocycles. The molecule has 3 atom stereocenters. The average molecular weight is 213 g/mol. The SMILES string of the molecule is CC1CN(C)C(C)CC1NCCC(N)=O. The Morgan fingerprint density at radius 1 is 1.53 bits per heavy atom. The molecule has 1 aliphatic rings. The first-order valence-electron chi connectivity index (χ1n) is 5.72. The van der Waals surface area contributed by atoms with Gasteiger partial charge in [0, 0.05) is 31.6 Å². The van der Waals surface area contributed by atoms with Crippen LogP contribution in [0.4, 0.5) is 0 Å². The van der Waals surface area contributed by atoms with Crippen molar-refractivity contribution in [1.29, 1.82) is 0 Å². The van der Waals surface area contributed by atoms with Crippen LogP contribution < -0.4 is 11.1 Å². The molecule has 0 radical (unpaired) electrons. The monoisotopic (exact) mass is 213 g/mol. The maximum absolute atomic E-state index is 10.6. The molecule has 0 spiro atoms. The van der Waals surface area contributed by atoms with Crippen LogP contribution in [0.1, 0.15) is 26.7 Å². The number of likely N-dealkylation sites (tertiary alicyclic amines) is 1. The molecule has 1 rings (SSSR count). The Bertz CT molecular complexity index is 220. The van der Waals surface area contributed by atoms with Gasteiger partial charge in [-0.05, 0) is 26.3 Å². The Morgan fingerprint density at radius 2 is 2.20 bits per heavy atom. The van der Waals surface area contributed by atoms with Gasteiger partial charge in [0.15, 0.2) is 0 Å². The molecule has 0 aromatic heterocycles. The van der Waals surface area contributed by atoms with Gasteiger partial charge in [0.05, 0.1) is 0 Å². The smallest absolute Gasteiger partial charge is 0.218 e. The molecule has 3 unspecified atom stereocenters. The normalized spacial score (nSPS) is 32.9. The van der Waals surface area contributed by atoms with E-state index in [-0.39, 0.29) is 5.91 Å². The summed E-state index contributed by atoms with van der Waals surface area (Å²) in [5, 5.41) is 3.43. The standard InChI is InChI=1S/C11H23N3O/c1-8-7-14(3)9(2)6-10(8)13-5-4-11(12)15/h8-10,13H,4-7H2,1-3H3,(H2,12,15). The number of amides is 1. The highest BCUT2D eigenvalue weighted by Crippen LogP contribution is 2.20. The van der Waals surface area contributed by atoms with E-state index in [9.17, 15) is 4.79 Å². The van der Waals surface area contributed by atoms with E-state index < -0.39 is 0 Å². The molecule has 1 heterocycles. The van der Waals surface area contributed by atoms with Gasteiger partial charge in [0.1, 0.15) is 0 Å². The zero-order valence-electron chi connectivity index (χ0n) is 9.99. The van der Waals surface area contributed by atoms with Crippen molar-refractivity contribution in [3.05, 3.63) is 0 Å². The van der Waals surface area contributed by atoms with E-state index in [0.29, 0.717) is 31.0 Å². The largest absolute Gasteiger partial charge is 0.370 e. The minimum absolute atomic E-state index is 0.226. The summed E-state index contributed by atoms with van der Waals surface area (Å²) in [5.74, 6) is 0.412. The molecular formula is C11H23N3O. The number of carbonyl (C=O) groups is 1. The van der Waals surface area contributed by atoms with Gasteiger partial charge in [-0.25, -0.2) is 0 Å². The molecule has 0 aromatic rings. The molecule has 1 fully saturated rings. The fourth-order valence-corrected chi connectivity index (χ4v) is 2.21. The molecule has 1 saturated heterocycles. The van der Waals surface area contributed by atoms with Crippen LogP contribution in [0.25, 0.3) is 0 Å². The summed E-state index contributed by atoms with van der Waals surface area (Å²) < 4.78 is 0. The summed E-state index contributed by atoms with van der Waals surface area (Å²) in [6.07, 6.45) is 1.59. The van der Waals surface area contributed by atoms with E-state index >= 15 is 0 Å². The molecule has 0 saturated carbocycles. The molecule has 0 aromatic carbocycles. The second kappa shape index (κ2) is 5.47. The van der Waals surface area contributed by atoms with Gasteiger partial charge in [-0.2, -0.15) is 0 Å². The van der Waals surface area contributed by atoms with Gasteiger partial charge in [-0.1, -0.05) is 6.92 Å². The fraction of sp³-hybridized carbons (Fsp3) is 0.909. The average Bonchev–Trinajstić information content (AvgIpc) is 2.13. The Hall–Kier alpha value is -0.610. The third-order valence-electron chi connectivity index (χ3n) is 3.39. The number of primary amides is 1. The lowest BCUT2D eigenvalue weighted by Gasteiger charge is -2.40. The van der Waals surface area contributed by atoms with Crippen LogP contribution in [0.3, 0.4) is 0 Å². The van der Waals surface area contributed by atoms with Crippen molar-refractivity contribution >= 4 is 5.91 Å². The number of piperidine rings is 1. The van der Waals surface area contributed by atoms with Gasteiger partial charge in [-0.3, -0.25) is 4.79 Å². The highest BCUT2D eigenvalue weighted by atomic mass is 16.1. The lowest BCUT2D eigenvalue weighted by atomic mass is 9.90. The summed E-state index contributed by atoms with van der Waals surface area (Å²) in [4.78, 5) is 13.0. The number of carbonyl (C=O) groups excluding carboxylic acids is 1. The molecule has 3 N–H and O–H groups in total. The van der Waals surface area contributed by atoms with Crippen molar-refractivity contribution in [1.82, 2.24) is 10.2 Å². The quantitative estimate of drug-likeness (QED) is 0.700. The topological polar surface area (TPSA) is 58.4 Å². The van der Waals surface area contributed by atoms with Crippen molar-refractivity contribution in [3.63, 3.8) is 0 Å². The van der Waals surface area contributed by atoms with Crippen molar-refractivity contribution in [2.24, 2.45) is 11.7 Å². The lowest BCUT2D eigenvalue weighted by Crippen LogP contribution is -2.51. The molecule has 4 nitrogen and oxygen atoms in total. The predicted molar refractivity (Wildman–Crippen MR) is 61.5 cm³/mol. The second-order valence-corrected chi connectivity index (χ2v) is 4.78. The Labute approximate surface area is 92.2 Å². The van der Waals surface area contributed by atoms with Crippen LogP contribution in [0.2, 0.25) is 0 Å². The van der Waals surface area contributed by atoms with E-state index in [1.165, 1.54) is 0 Å². The summed E-state index contributed by atoms with van der Waals surface area (Å²) in [7, 11) is 2.17. The predicted octanol–water partition coefficient (Wildman–Crippen LogP) is 0.180. The number of nitrogens with two attached hydrogens (primary N) is 1. The van der Waals surface area contributed by atoms with E-state index in [1.807, 2.05) is 0 Å². The first kappa shape index (κ1) is 12.5. The van der Waals surface area contributed by atoms with E-state index in [0.717, 1.165) is 13.0 Å². The van der Waals surface area contributed by atoms with Crippen molar-refractivity contribution in [2.45, 2.75) is 38.8 Å². The van der Waals surface area contributed by atoms with Crippen LogP contribution >= 0.6 is 0 Å². The second-order valence-electron chi connectivity index (χ2n) is 4.78. The van der Waals surface area contributed by atoms with Crippen molar-refractivity contribution < 1.29 is 4.79 Å². The van der Waals surface area contributed by atoms with Gasteiger partial charge in [-0.15, -0.1) is 0 Å². The zero-order valence-corrected chi connectivity index (χ0v) is 9.99. The summed E-state index contributed by atoms with van der Waals surface area (Å²) in [5.41, 5.74) is 5.10.